The van der Waals surface area contributed by atoms with Gasteiger partial charge >= 0.3 is 5.97 Å². The van der Waals surface area contributed by atoms with Crippen molar-refractivity contribution < 1.29 is 14.6 Å². The van der Waals surface area contributed by atoms with Crippen LogP contribution in [0.4, 0.5) is 17.1 Å². The van der Waals surface area contributed by atoms with Gasteiger partial charge < -0.3 is 20.5 Å². The predicted octanol–water partition coefficient (Wildman–Crippen LogP) is 6.13. The number of para-hydroxylation sites is 2. The van der Waals surface area contributed by atoms with Crippen molar-refractivity contribution in [3.63, 3.8) is 0 Å². The Morgan fingerprint density at radius 2 is 1.61 bits per heavy atom. The molecule has 3 rings (SSSR count). The summed E-state index contributed by atoms with van der Waals surface area (Å²) < 4.78 is 6.16. The molecule has 3 N–H and O–H groups in total. The number of nitrogens with one attached hydrogen (secondary N) is 2. The van der Waals surface area contributed by atoms with E-state index in [1.165, 1.54) is 0 Å². The van der Waals surface area contributed by atoms with E-state index in [1.54, 1.807) is 12.1 Å². The predicted molar refractivity (Wildman–Crippen MR) is 113 cm³/mol. The molecule has 0 aliphatic heterocycles. The molecule has 0 aliphatic carbocycles. The van der Waals surface area contributed by atoms with E-state index in [-0.39, 0.29) is 5.56 Å². The number of benzene rings is 3. The lowest BCUT2D eigenvalue weighted by molar-refractivity contribution is 0.0697. The van der Waals surface area contributed by atoms with E-state index in [1.807, 2.05) is 60.7 Å². The lowest BCUT2D eigenvalue weighted by Crippen LogP contribution is -2.07. The molecule has 0 atom stereocenters. The lowest BCUT2D eigenvalue weighted by atomic mass is 10.1. The Bertz CT molecular complexity index is 912. The number of hydrogen-bond acceptors (Lipinski definition) is 4. The number of hydrogen-bond donors (Lipinski definition) is 3. The molecule has 0 bridgehead atoms. The van der Waals surface area contributed by atoms with Crippen molar-refractivity contribution in [1.82, 2.24) is 0 Å². The van der Waals surface area contributed by atoms with Gasteiger partial charge in [-0.1, -0.05) is 49.7 Å². The summed E-state index contributed by atoms with van der Waals surface area (Å²) in [6.45, 7) is 2.84. The van der Waals surface area contributed by atoms with E-state index >= 15 is 0 Å². The summed E-state index contributed by atoms with van der Waals surface area (Å²) in [5.41, 5.74) is 2.28. The van der Waals surface area contributed by atoms with Crippen LogP contribution in [0, 0.1) is 0 Å². The van der Waals surface area contributed by atoms with Gasteiger partial charge in [0.1, 0.15) is 5.75 Å². The largest absolute Gasteiger partial charge is 0.478 e. The Hall–Kier alpha value is -3.47. The summed E-state index contributed by atoms with van der Waals surface area (Å²) in [7, 11) is 0. The molecular weight excluding hydrogens is 352 g/mol. The van der Waals surface area contributed by atoms with E-state index in [0.717, 1.165) is 25.1 Å². The first-order valence-corrected chi connectivity index (χ1v) is 9.37. The summed E-state index contributed by atoms with van der Waals surface area (Å²) >= 11 is 0. The zero-order chi connectivity index (χ0) is 19.8. The molecule has 0 heterocycles. The van der Waals surface area contributed by atoms with Gasteiger partial charge in [-0.15, -0.1) is 0 Å². The second-order valence-electron chi connectivity index (χ2n) is 6.39. The summed E-state index contributed by atoms with van der Waals surface area (Å²) in [5.74, 6) is 0.261. The third kappa shape index (κ3) is 5.04. The molecule has 0 radical (unpaired) electrons. The van der Waals surface area contributed by atoms with Crippen LogP contribution in [0.15, 0.2) is 72.8 Å². The molecule has 0 saturated carbocycles. The van der Waals surface area contributed by atoms with E-state index in [4.69, 9.17) is 4.74 Å². The van der Waals surface area contributed by atoms with Gasteiger partial charge in [0.15, 0.2) is 5.75 Å². The number of aromatic carboxylic acids is 1. The second kappa shape index (κ2) is 9.46. The zero-order valence-electron chi connectivity index (χ0n) is 15.8. The molecule has 0 amide bonds. The number of carboxylic acid groups (broad SMARTS) is 1. The highest BCUT2D eigenvalue weighted by atomic mass is 16.5. The average molecular weight is 376 g/mol. The lowest BCUT2D eigenvalue weighted by Gasteiger charge is -2.19. The van der Waals surface area contributed by atoms with E-state index in [9.17, 15) is 9.90 Å². The van der Waals surface area contributed by atoms with Crippen LogP contribution in [-0.4, -0.2) is 17.6 Å². The van der Waals surface area contributed by atoms with Crippen molar-refractivity contribution in [3.8, 4) is 11.5 Å². The second-order valence-corrected chi connectivity index (χ2v) is 6.39. The quantitative estimate of drug-likeness (QED) is 0.392. The fourth-order valence-electron chi connectivity index (χ4n) is 2.77. The summed E-state index contributed by atoms with van der Waals surface area (Å²) in [5, 5.41) is 16.2. The molecule has 0 spiro atoms. The number of rotatable bonds is 9. The number of unbranched alkanes of at least 4 members (excludes halogenated alkanes) is 1. The van der Waals surface area contributed by atoms with Gasteiger partial charge in [0.2, 0.25) is 0 Å². The minimum absolute atomic E-state index is 0.192. The smallest absolute Gasteiger partial charge is 0.335 e. The molecule has 0 aliphatic rings. The molecule has 0 aromatic heterocycles. The SMILES string of the molecule is CCCCNc1cc(C(=O)O)cc(Nc2ccccc2)c1Oc1ccccc1. The van der Waals surface area contributed by atoms with Gasteiger partial charge in [-0.05, 0) is 42.8 Å². The molecule has 0 unspecified atom stereocenters. The molecule has 144 valence electrons. The molecule has 0 fully saturated rings. The molecule has 28 heavy (non-hydrogen) atoms. The molecule has 0 saturated heterocycles. The Morgan fingerprint density at radius 1 is 0.964 bits per heavy atom. The van der Waals surface area contributed by atoms with Crippen LogP contribution in [-0.2, 0) is 0 Å². The van der Waals surface area contributed by atoms with E-state index < -0.39 is 5.97 Å². The Morgan fingerprint density at radius 3 is 2.25 bits per heavy atom. The minimum Gasteiger partial charge on any atom is -0.478 e. The van der Waals surface area contributed by atoms with Crippen molar-refractivity contribution in [2.45, 2.75) is 19.8 Å². The third-order valence-electron chi connectivity index (χ3n) is 4.20. The van der Waals surface area contributed by atoms with Gasteiger partial charge in [0.25, 0.3) is 0 Å². The van der Waals surface area contributed by atoms with Crippen LogP contribution in [0.2, 0.25) is 0 Å². The first-order chi connectivity index (χ1) is 13.7. The third-order valence-corrected chi connectivity index (χ3v) is 4.20. The van der Waals surface area contributed by atoms with Crippen molar-refractivity contribution in [2.24, 2.45) is 0 Å². The van der Waals surface area contributed by atoms with Gasteiger partial charge in [-0.25, -0.2) is 4.79 Å². The van der Waals surface area contributed by atoms with E-state index in [0.29, 0.717) is 22.9 Å². The summed E-state index contributed by atoms with van der Waals surface area (Å²) in [6.07, 6.45) is 2.01. The Balaban J connectivity index is 2.05. The molecule has 5 nitrogen and oxygen atoms in total. The maximum absolute atomic E-state index is 11.7. The van der Waals surface area contributed by atoms with Crippen molar-refractivity contribution in [2.75, 3.05) is 17.2 Å². The first kappa shape index (κ1) is 19.3. The minimum atomic E-state index is -0.985. The van der Waals surface area contributed by atoms with Crippen LogP contribution < -0.4 is 15.4 Å². The standard InChI is InChI=1S/C23H24N2O3/c1-2-3-14-24-20-15-17(23(26)27)16-21(25-18-10-6-4-7-11-18)22(20)28-19-12-8-5-9-13-19/h4-13,15-16,24-25H,2-3,14H2,1H3,(H,26,27). The number of anilines is 3. The Labute approximate surface area is 165 Å². The summed E-state index contributed by atoms with van der Waals surface area (Å²) in [4.78, 5) is 11.7. The zero-order valence-corrected chi connectivity index (χ0v) is 15.8. The highest BCUT2D eigenvalue weighted by Crippen LogP contribution is 2.40. The number of ether oxygens (including phenoxy) is 1. The Kier molecular flexibility index (Phi) is 6.52. The van der Waals surface area contributed by atoms with Gasteiger partial charge in [0, 0.05) is 12.2 Å². The number of carboxylic acids is 1. The monoisotopic (exact) mass is 376 g/mol. The van der Waals surface area contributed by atoms with E-state index in [2.05, 4.69) is 17.6 Å². The molecular formula is C23H24N2O3. The normalized spacial score (nSPS) is 10.3. The highest BCUT2D eigenvalue weighted by molar-refractivity contribution is 5.93. The van der Waals surface area contributed by atoms with Crippen LogP contribution in [0.5, 0.6) is 11.5 Å². The highest BCUT2D eigenvalue weighted by Gasteiger charge is 2.17. The van der Waals surface area contributed by atoms with Crippen LogP contribution >= 0.6 is 0 Å². The average Bonchev–Trinajstić information content (AvgIpc) is 2.71. The molecule has 3 aromatic carbocycles. The maximum Gasteiger partial charge on any atom is 0.335 e. The van der Waals surface area contributed by atoms with Crippen molar-refractivity contribution in [1.29, 1.82) is 0 Å². The number of carbonyl (C=O) groups is 1. The van der Waals surface area contributed by atoms with Crippen molar-refractivity contribution in [3.05, 3.63) is 78.4 Å². The van der Waals surface area contributed by atoms with Gasteiger partial charge in [-0.3, -0.25) is 0 Å². The maximum atomic E-state index is 11.7. The van der Waals surface area contributed by atoms with Crippen molar-refractivity contribution >= 4 is 23.0 Å². The summed E-state index contributed by atoms with van der Waals surface area (Å²) in [6, 6.07) is 22.3. The van der Waals surface area contributed by atoms with Gasteiger partial charge in [-0.2, -0.15) is 0 Å². The molecule has 3 aromatic rings. The molecule has 5 heteroatoms. The van der Waals surface area contributed by atoms with Crippen LogP contribution in [0.3, 0.4) is 0 Å². The first-order valence-electron chi connectivity index (χ1n) is 9.37. The van der Waals surface area contributed by atoms with Crippen LogP contribution in [0.25, 0.3) is 0 Å². The fraction of sp³-hybridized carbons (Fsp3) is 0.174. The topological polar surface area (TPSA) is 70.6 Å². The van der Waals surface area contributed by atoms with Gasteiger partial charge in [0.05, 0.1) is 16.9 Å². The van der Waals surface area contributed by atoms with Crippen LogP contribution in [0.1, 0.15) is 30.1 Å². The fourth-order valence-corrected chi connectivity index (χ4v) is 2.77.